The van der Waals surface area contributed by atoms with Gasteiger partial charge in [-0.25, -0.2) is 0 Å². The van der Waals surface area contributed by atoms with Crippen LogP contribution in [-0.2, 0) is 0 Å². The molecule has 5 radical (unpaired) electrons. The Hall–Kier alpha value is 0.149. The van der Waals surface area contributed by atoms with Crippen LogP contribution in [0.15, 0.2) is 0 Å². The molecule has 65 valence electrons. The van der Waals surface area contributed by atoms with Crippen LogP contribution in [-0.4, -0.2) is 50.3 Å². The van der Waals surface area contributed by atoms with Gasteiger partial charge in [0.25, 0.3) is 0 Å². The van der Waals surface area contributed by atoms with Gasteiger partial charge in [0.2, 0.25) is 0 Å². The Morgan fingerprint density at radius 3 is 2.58 bits per heavy atom. The molecule has 1 aliphatic carbocycles. The van der Waals surface area contributed by atoms with Gasteiger partial charge in [-0.3, -0.25) is 0 Å². The minimum absolute atomic E-state index is 0.183. The van der Waals surface area contributed by atoms with Gasteiger partial charge in [0.1, 0.15) is 0 Å². The van der Waals surface area contributed by atoms with E-state index in [4.69, 9.17) is 5.11 Å². The van der Waals surface area contributed by atoms with Crippen molar-refractivity contribution >= 4 is 20.1 Å². The van der Waals surface area contributed by atoms with E-state index < -0.39 is 0 Å². The number of hydrogen-bond acceptors (Lipinski definition) is 2. The number of rotatable bonds is 4. The third kappa shape index (κ3) is 2.58. The molecule has 0 aromatic heterocycles. The number of hydrogen-bond donors (Lipinski definition) is 1. The molecular weight excluding hydrogens is 217 g/mol. The van der Waals surface area contributed by atoms with Crippen LogP contribution in [0, 0.1) is 31.6 Å². The van der Waals surface area contributed by atoms with Gasteiger partial charge in [-0.05, 0) is 0 Å². The quantitative estimate of drug-likeness (QED) is 0.664. The topological polar surface area (TPSA) is 23.5 Å². The van der Waals surface area contributed by atoms with Crippen molar-refractivity contribution in [2.24, 2.45) is 0 Å². The number of likely N-dealkylation sites (N-methyl/N-ethyl adjacent to an activating group) is 1. The summed E-state index contributed by atoms with van der Waals surface area (Å²) in [6.45, 7) is 0.843. The first-order valence-corrected chi connectivity index (χ1v) is 4.69. The molecule has 3 heteroatoms. The predicted octanol–water partition coefficient (Wildman–Crippen LogP) is -0.386. The standard InChI is InChI=1S/C9H12NOSe/c1-10(6-7-11)9(12)8-4-2-3-5-8/h2-5,11H,6-7H2,1H3. The molecule has 0 aromatic rings. The molecule has 2 nitrogen and oxygen atoms in total. The van der Waals surface area contributed by atoms with Crippen LogP contribution in [0.5, 0.6) is 0 Å². The van der Waals surface area contributed by atoms with Gasteiger partial charge in [-0.1, -0.05) is 0 Å². The Morgan fingerprint density at radius 2 is 2.08 bits per heavy atom. The number of aliphatic hydroxyl groups excluding tert-OH is 1. The van der Waals surface area contributed by atoms with Crippen molar-refractivity contribution in [2.75, 3.05) is 20.2 Å². The maximum atomic E-state index is 8.71. The molecule has 0 aliphatic heterocycles. The Balaban J connectivity index is 2.34. The monoisotopic (exact) mass is 230 g/mol. The molecule has 0 aromatic carbocycles. The predicted molar refractivity (Wildman–Crippen MR) is 50.9 cm³/mol. The first kappa shape index (κ1) is 10.2. The van der Waals surface area contributed by atoms with Crippen LogP contribution in [0.1, 0.15) is 0 Å². The Kier molecular flexibility index (Phi) is 4.27. The zero-order valence-electron chi connectivity index (χ0n) is 7.03. The van der Waals surface area contributed by atoms with Crippen LogP contribution in [0.4, 0.5) is 0 Å². The minimum atomic E-state index is 0.183. The normalized spacial score (nSPS) is 18.2. The van der Waals surface area contributed by atoms with Crippen molar-refractivity contribution in [2.45, 2.75) is 0 Å². The summed E-state index contributed by atoms with van der Waals surface area (Å²) in [5.41, 5.74) is 0. The number of aliphatic hydroxyl groups is 1. The summed E-state index contributed by atoms with van der Waals surface area (Å²) in [7, 11) is 1.95. The summed E-state index contributed by atoms with van der Waals surface area (Å²) in [4.78, 5) is 2.00. The van der Waals surface area contributed by atoms with Gasteiger partial charge in [0, 0.05) is 0 Å². The second-order valence-electron chi connectivity index (χ2n) is 2.62. The molecule has 1 rings (SSSR count). The van der Waals surface area contributed by atoms with Gasteiger partial charge in [-0.2, -0.15) is 0 Å². The van der Waals surface area contributed by atoms with E-state index >= 15 is 0 Å². The maximum absolute atomic E-state index is 8.71. The van der Waals surface area contributed by atoms with Gasteiger partial charge in [0.15, 0.2) is 0 Å². The van der Waals surface area contributed by atoms with E-state index in [-0.39, 0.29) is 6.61 Å². The summed E-state index contributed by atoms with van der Waals surface area (Å²) < 4.78 is 1.08. The van der Waals surface area contributed by atoms with Crippen molar-refractivity contribution in [1.82, 2.24) is 4.90 Å². The van der Waals surface area contributed by atoms with Crippen molar-refractivity contribution in [3.05, 3.63) is 31.6 Å². The molecule has 1 N–H and O–H groups in total. The summed E-state index contributed by atoms with van der Waals surface area (Å²) >= 11 is 3.00. The second kappa shape index (κ2) is 5.00. The van der Waals surface area contributed by atoms with E-state index in [9.17, 15) is 0 Å². The molecule has 1 fully saturated rings. The molecular formula is C9H12NOSe. The fraction of sp³-hybridized carbons (Fsp3) is 0.333. The van der Waals surface area contributed by atoms with Gasteiger partial charge in [-0.15, -0.1) is 0 Å². The van der Waals surface area contributed by atoms with Gasteiger partial charge >= 0.3 is 81.9 Å². The Labute approximate surface area is 82.3 Å². The average molecular weight is 229 g/mol. The fourth-order valence-electron chi connectivity index (χ4n) is 0.989. The molecule has 0 atom stereocenters. The Morgan fingerprint density at radius 1 is 1.50 bits per heavy atom. The summed E-state index contributed by atoms with van der Waals surface area (Å²) in [6, 6.07) is 0. The average Bonchev–Trinajstić information content (AvgIpc) is 2.55. The first-order chi connectivity index (χ1) is 5.75. The molecule has 0 spiro atoms. The molecule has 1 saturated carbocycles. The van der Waals surface area contributed by atoms with Crippen LogP contribution < -0.4 is 0 Å². The van der Waals surface area contributed by atoms with Gasteiger partial charge < -0.3 is 0 Å². The molecule has 0 bridgehead atoms. The molecule has 12 heavy (non-hydrogen) atoms. The molecule has 0 unspecified atom stereocenters. The van der Waals surface area contributed by atoms with E-state index in [1.807, 2.05) is 37.6 Å². The second-order valence-corrected chi connectivity index (χ2v) is 3.44. The van der Waals surface area contributed by atoms with E-state index in [0.29, 0.717) is 6.54 Å². The van der Waals surface area contributed by atoms with Crippen LogP contribution in [0.3, 0.4) is 0 Å². The zero-order chi connectivity index (χ0) is 8.97. The van der Waals surface area contributed by atoms with Crippen molar-refractivity contribution in [1.29, 1.82) is 0 Å². The van der Waals surface area contributed by atoms with Crippen LogP contribution in [0.25, 0.3) is 0 Å². The van der Waals surface area contributed by atoms with Crippen molar-refractivity contribution < 1.29 is 5.11 Å². The van der Waals surface area contributed by atoms with E-state index in [2.05, 4.69) is 15.6 Å². The third-order valence-electron chi connectivity index (χ3n) is 1.69. The van der Waals surface area contributed by atoms with Gasteiger partial charge in [0.05, 0.1) is 0 Å². The van der Waals surface area contributed by atoms with Crippen LogP contribution in [0.2, 0.25) is 0 Å². The summed E-state index contributed by atoms with van der Waals surface area (Å²) in [5, 5.41) is 8.71. The molecule has 0 amide bonds. The van der Waals surface area contributed by atoms with E-state index in [1.54, 1.807) is 0 Å². The van der Waals surface area contributed by atoms with E-state index in [0.717, 1.165) is 4.54 Å². The van der Waals surface area contributed by atoms with Crippen molar-refractivity contribution in [3.8, 4) is 0 Å². The number of nitrogens with zero attached hydrogens (tertiary/aromatic N) is 1. The molecule has 1 aliphatic rings. The van der Waals surface area contributed by atoms with Crippen LogP contribution >= 0.6 is 0 Å². The summed E-state index contributed by atoms with van der Waals surface area (Å²) in [6.07, 6.45) is 8.08. The SMILES string of the molecule is CN(CCO)C(=[Se])[C]1[CH][CH][CH][CH]1. The molecule has 0 heterocycles. The zero-order valence-corrected chi connectivity index (χ0v) is 8.74. The molecule has 0 saturated heterocycles. The summed E-state index contributed by atoms with van der Waals surface area (Å²) in [5.74, 6) is 1.17. The third-order valence-corrected chi connectivity index (χ3v) is 2.84. The first-order valence-electron chi connectivity index (χ1n) is 3.83. The van der Waals surface area contributed by atoms with E-state index in [1.165, 1.54) is 5.92 Å². The van der Waals surface area contributed by atoms with Crippen molar-refractivity contribution in [3.63, 3.8) is 0 Å². The Bertz CT molecular complexity index is 155. The fourth-order valence-corrected chi connectivity index (χ4v) is 1.47.